The number of likely N-dealkylation sites (N-methyl/N-ethyl adjacent to an activating group) is 1. The molecular formula is C26H29FN4O3S. The zero-order valence-corrected chi connectivity index (χ0v) is 20.4. The van der Waals surface area contributed by atoms with Crippen molar-refractivity contribution in [3.63, 3.8) is 0 Å². The Labute approximate surface area is 205 Å². The number of halogens is 1. The van der Waals surface area contributed by atoms with Crippen molar-refractivity contribution in [2.24, 2.45) is 0 Å². The van der Waals surface area contributed by atoms with E-state index >= 15 is 0 Å². The Hall–Kier alpha value is -3.27. The van der Waals surface area contributed by atoms with Gasteiger partial charge in [-0.25, -0.2) is 12.8 Å². The molecule has 3 aromatic rings. The first kappa shape index (κ1) is 24.8. The van der Waals surface area contributed by atoms with E-state index < -0.39 is 15.8 Å². The summed E-state index contributed by atoms with van der Waals surface area (Å²) in [4.78, 5) is 17.3. The van der Waals surface area contributed by atoms with E-state index in [4.69, 9.17) is 0 Å². The van der Waals surface area contributed by atoms with Crippen LogP contribution in [0.4, 0.5) is 10.1 Å². The van der Waals surface area contributed by atoms with Gasteiger partial charge >= 0.3 is 0 Å². The lowest BCUT2D eigenvalue weighted by molar-refractivity contribution is 0.0950. The summed E-state index contributed by atoms with van der Waals surface area (Å²) in [6, 6.07) is 19.2. The zero-order chi connectivity index (χ0) is 24.8. The van der Waals surface area contributed by atoms with Crippen LogP contribution in [0.25, 0.3) is 0 Å². The minimum absolute atomic E-state index is 0.0612. The number of amides is 1. The highest BCUT2D eigenvalue weighted by atomic mass is 32.2. The van der Waals surface area contributed by atoms with E-state index in [-0.39, 0.29) is 16.5 Å². The van der Waals surface area contributed by atoms with Gasteiger partial charge in [0.1, 0.15) is 5.82 Å². The van der Waals surface area contributed by atoms with Crippen LogP contribution < -0.4 is 10.0 Å². The van der Waals surface area contributed by atoms with Crippen LogP contribution in [0, 0.1) is 5.82 Å². The van der Waals surface area contributed by atoms with E-state index in [0.29, 0.717) is 12.1 Å². The molecule has 1 heterocycles. The topological polar surface area (TPSA) is 81.8 Å². The minimum Gasteiger partial charge on any atom is -0.348 e. The maximum absolute atomic E-state index is 13.8. The Balaban J connectivity index is 1.34. The average Bonchev–Trinajstić information content (AvgIpc) is 2.86. The highest BCUT2D eigenvalue weighted by Crippen LogP contribution is 2.19. The number of carbonyl (C=O) groups is 1. The monoisotopic (exact) mass is 496 g/mol. The fraction of sp³-hybridized carbons (Fsp3) is 0.269. The van der Waals surface area contributed by atoms with Gasteiger partial charge in [-0.15, -0.1) is 0 Å². The number of nitrogens with zero attached hydrogens (tertiary/aromatic N) is 2. The molecular weight excluding hydrogens is 467 g/mol. The number of rotatable bonds is 8. The molecule has 184 valence electrons. The summed E-state index contributed by atoms with van der Waals surface area (Å²) < 4.78 is 41.1. The predicted molar refractivity (Wildman–Crippen MR) is 134 cm³/mol. The number of para-hydroxylation sites is 1. The van der Waals surface area contributed by atoms with Crippen LogP contribution in [0.1, 0.15) is 21.5 Å². The Bertz CT molecular complexity index is 1270. The van der Waals surface area contributed by atoms with Gasteiger partial charge in [-0.05, 0) is 54.6 Å². The van der Waals surface area contributed by atoms with Crippen molar-refractivity contribution in [3.8, 4) is 0 Å². The van der Waals surface area contributed by atoms with Crippen LogP contribution in [-0.4, -0.2) is 57.4 Å². The molecule has 9 heteroatoms. The molecule has 1 saturated heterocycles. The van der Waals surface area contributed by atoms with Crippen molar-refractivity contribution in [2.45, 2.75) is 18.0 Å². The van der Waals surface area contributed by atoms with Crippen molar-refractivity contribution in [3.05, 3.63) is 95.3 Å². The number of nitrogens with one attached hydrogen (secondary N) is 2. The van der Waals surface area contributed by atoms with Gasteiger partial charge in [0.15, 0.2) is 0 Å². The summed E-state index contributed by atoms with van der Waals surface area (Å²) in [5.41, 5.74) is 2.41. The Morgan fingerprint density at radius 2 is 1.60 bits per heavy atom. The second-order valence-corrected chi connectivity index (χ2v) is 10.4. The maximum Gasteiger partial charge on any atom is 0.261 e. The number of hydrogen-bond donors (Lipinski definition) is 2. The first-order valence-corrected chi connectivity index (χ1v) is 12.9. The second-order valence-electron chi connectivity index (χ2n) is 8.69. The summed E-state index contributed by atoms with van der Waals surface area (Å²) in [5, 5.41) is 2.88. The fourth-order valence-corrected chi connectivity index (χ4v) is 4.99. The lowest BCUT2D eigenvalue weighted by Gasteiger charge is -2.32. The van der Waals surface area contributed by atoms with E-state index in [1.165, 1.54) is 54.1 Å². The standard InChI is InChI=1S/C26H29FN4O3S/c1-30-13-15-31(16-14-30)19-21-6-4-5-20(17-21)18-28-26(32)22-9-11-23(12-10-22)35(33,34)29-25-8-3-2-7-24(25)27/h2-12,17,29H,13-16,18-19H2,1H3,(H,28,32). The van der Waals surface area contributed by atoms with Crippen LogP contribution >= 0.6 is 0 Å². The highest BCUT2D eigenvalue weighted by molar-refractivity contribution is 7.92. The molecule has 1 aliphatic rings. The Kier molecular flexibility index (Phi) is 7.80. The van der Waals surface area contributed by atoms with Gasteiger partial charge in [-0.1, -0.05) is 36.4 Å². The summed E-state index contributed by atoms with van der Waals surface area (Å²) in [5.74, 6) is -0.972. The fourth-order valence-electron chi connectivity index (χ4n) is 3.92. The Morgan fingerprint density at radius 3 is 2.31 bits per heavy atom. The molecule has 4 rings (SSSR count). The minimum atomic E-state index is -3.98. The molecule has 1 fully saturated rings. The Morgan fingerprint density at radius 1 is 0.914 bits per heavy atom. The van der Waals surface area contributed by atoms with E-state index in [0.717, 1.165) is 38.3 Å². The molecule has 2 N–H and O–H groups in total. The quantitative estimate of drug-likeness (QED) is 0.500. The molecule has 1 aliphatic heterocycles. The molecule has 0 unspecified atom stereocenters. The number of hydrogen-bond acceptors (Lipinski definition) is 5. The van der Waals surface area contributed by atoms with Gasteiger partial charge in [0, 0.05) is 44.8 Å². The summed E-state index contributed by atoms with van der Waals surface area (Å²) in [7, 11) is -1.85. The third kappa shape index (κ3) is 6.66. The van der Waals surface area contributed by atoms with E-state index in [2.05, 4.69) is 39.0 Å². The summed E-state index contributed by atoms with van der Waals surface area (Å²) in [6.45, 7) is 5.46. The molecule has 7 nitrogen and oxygen atoms in total. The molecule has 0 aliphatic carbocycles. The largest absolute Gasteiger partial charge is 0.348 e. The third-order valence-corrected chi connectivity index (χ3v) is 7.37. The molecule has 0 aromatic heterocycles. The smallest absolute Gasteiger partial charge is 0.261 e. The van der Waals surface area contributed by atoms with Crippen molar-refractivity contribution < 1.29 is 17.6 Å². The van der Waals surface area contributed by atoms with Crippen LogP contribution in [0.3, 0.4) is 0 Å². The van der Waals surface area contributed by atoms with Gasteiger partial charge in [0.2, 0.25) is 0 Å². The lowest BCUT2D eigenvalue weighted by atomic mass is 10.1. The molecule has 35 heavy (non-hydrogen) atoms. The van der Waals surface area contributed by atoms with Gasteiger partial charge in [-0.3, -0.25) is 14.4 Å². The van der Waals surface area contributed by atoms with Crippen LogP contribution in [-0.2, 0) is 23.1 Å². The van der Waals surface area contributed by atoms with Crippen LogP contribution in [0.15, 0.2) is 77.7 Å². The third-order valence-electron chi connectivity index (χ3n) is 5.99. The molecule has 0 bridgehead atoms. The predicted octanol–water partition coefficient (Wildman–Crippen LogP) is 3.30. The van der Waals surface area contributed by atoms with Gasteiger partial charge in [0.25, 0.3) is 15.9 Å². The number of carbonyl (C=O) groups excluding carboxylic acids is 1. The molecule has 0 spiro atoms. The first-order chi connectivity index (χ1) is 16.8. The first-order valence-electron chi connectivity index (χ1n) is 11.4. The molecule has 1 amide bonds. The number of sulfonamides is 1. The molecule has 0 atom stereocenters. The lowest BCUT2D eigenvalue weighted by Crippen LogP contribution is -2.43. The summed E-state index contributed by atoms with van der Waals surface area (Å²) >= 11 is 0. The molecule has 0 saturated carbocycles. The van der Waals surface area contributed by atoms with Crippen molar-refractivity contribution >= 4 is 21.6 Å². The average molecular weight is 497 g/mol. The zero-order valence-electron chi connectivity index (χ0n) is 19.6. The maximum atomic E-state index is 13.8. The van der Waals surface area contributed by atoms with Crippen molar-refractivity contribution in [1.29, 1.82) is 0 Å². The number of benzene rings is 3. The number of piperazine rings is 1. The van der Waals surface area contributed by atoms with Gasteiger partial charge in [-0.2, -0.15) is 0 Å². The van der Waals surface area contributed by atoms with Gasteiger partial charge in [0.05, 0.1) is 10.6 Å². The van der Waals surface area contributed by atoms with E-state index in [1.807, 2.05) is 12.1 Å². The SMILES string of the molecule is CN1CCN(Cc2cccc(CNC(=O)c3ccc(S(=O)(=O)Nc4ccccc4F)cc3)c2)CC1. The van der Waals surface area contributed by atoms with Crippen molar-refractivity contribution in [2.75, 3.05) is 37.9 Å². The summed E-state index contributed by atoms with van der Waals surface area (Å²) in [6.07, 6.45) is 0. The van der Waals surface area contributed by atoms with Crippen LogP contribution in [0.2, 0.25) is 0 Å². The van der Waals surface area contributed by atoms with E-state index in [9.17, 15) is 17.6 Å². The number of anilines is 1. The van der Waals surface area contributed by atoms with Crippen molar-refractivity contribution in [1.82, 2.24) is 15.1 Å². The molecule has 3 aromatic carbocycles. The molecule has 0 radical (unpaired) electrons. The normalized spacial score (nSPS) is 15.0. The van der Waals surface area contributed by atoms with Crippen LogP contribution in [0.5, 0.6) is 0 Å². The van der Waals surface area contributed by atoms with E-state index in [1.54, 1.807) is 0 Å². The van der Waals surface area contributed by atoms with Gasteiger partial charge < -0.3 is 10.2 Å². The second kappa shape index (κ2) is 11.0. The highest BCUT2D eigenvalue weighted by Gasteiger charge is 2.17.